The van der Waals surface area contributed by atoms with Gasteiger partial charge >= 0.3 is 110 Å². The first-order valence-electron chi connectivity index (χ1n) is 5.64. The summed E-state index contributed by atoms with van der Waals surface area (Å²) in [5, 5.41) is 0. The maximum atomic E-state index is 6.13. The van der Waals surface area contributed by atoms with Gasteiger partial charge in [-0.05, 0) is 0 Å². The Hall–Kier alpha value is 0.199. The molecule has 0 amide bonds. The second-order valence-corrected chi connectivity index (χ2v) is 20.8. The first kappa shape index (κ1) is 11.3. The summed E-state index contributed by atoms with van der Waals surface area (Å²) in [7, 11) is 0. The molecule has 2 heterocycles. The molecule has 2 atom stereocenters. The molecule has 3 rings (SSSR count). The Bertz CT molecular complexity index is 487. The standard InChI is InChI=1S/C10H6BrO.3CH3.Sn/c11-8-5-9-6-3-1-2-4-7(6)10(8)12-9;;;;/h1-4,9-10H;3*1H3;/t9-,10-;;;;/m0..../s1. The van der Waals surface area contributed by atoms with Gasteiger partial charge in [0.05, 0.1) is 0 Å². The first-order valence-corrected chi connectivity index (χ1v) is 16.4. The summed E-state index contributed by atoms with van der Waals surface area (Å²) in [6.45, 7) is 0. The number of halogens is 1. The Balaban J connectivity index is 2.16. The minimum absolute atomic E-state index is 0.187. The van der Waals surface area contributed by atoms with Crippen LogP contribution in [0.1, 0.15) is 23.3 Å². The quantitative estimate of drug-likeness (QED) is 0.653. The Morgan fingerprint density at radius 2 is 1.62 bits per heavy atom. The molecule has 1 nitrogen and oxygen atoms in total. The molecule has 2 bridgehead atoms. The fourth-order valence-electron chi connectivity index (χ4n) is 2.71. The maximum absolute atomic E-state index is 6.13. The molecular formula is C13H15BrOSn. The molecule has 1 aromatic rings. The molecule has 1 aromatic carbocycles. The molecule has 0 radical (unpaired) electrons. The van der Waals surface area contributed by atoms with E-state index in [0.717, 1.165) is 0 Å². The van der Waals surface area contributed by atoms with Crippen LogP contribution >= 0.6 is 15.9 Å². The fourth-order valence-corrected chi connectivity index (χ4v) is 12.6. The zero-order valence-electron chi connectivity index (χ0n) is 9.75. The van der Waals surface area contributed by atoms with E-state index in [2.05, 4.69) is 55.0 Å². The van der Waals surface area contributed by atoms with Gasteiger partial charge in [-0.15, -0.1) is 0 Å². The molecule has 3 heteroatoms. The molecule has 0 aromatic heterocycles. The van der Waals surface area contributed by atoms with Crippen molar-refractivity contribution in [2.24, 2.45) is 0 Å². The zero-order valence-corrected chi connectivity index (χ0v) is 14.2. The van der Waals surface area contributed by atoms with Crippen molar-refractivity contribution in [2.45, 2.75) is 27.0 Å². The number of hydrogen-bond donors (Lipinski definition) is 0. The van der Waals surface area contributed by atoms with Crippen LogP contribution in [0.3, 0.4) is 0 Å². The summed E-state index contributed by atoms with van der Waals surface area (Å²) in [5.74, 6) is 0. The average Bonchev–Trinajstić information content (AvgIpc) is 2.72. The zero-order chi connectivity index (χ0) is 11.5. The summed E-state index contributed by atoms with van der Waals surface area (Å²) >= 11 is 1.73. The first-order chi connectivity index (χ1) is 7.50. The van der Waals surface area contributed by atoms with E-state index in [1.54, 1.807) is 3.59 Å². The minimum atomic E-state index is -2.05. The Kier molecular flexibility index (Phi) is 2.54. The molecule has 0 spiro atoms. The molecule has 0 unspecified atom stereocenters. The molecule has 0 fully saturated rings. The van der Waals surface area contributed by atoms with Gasteiger partial charge in [-0.2, -0.15) is 0 Å². The third-order valence-electron chi connectivity index (χ3n) is 3.39. The normalized spacial score (nSPS) is 27.5. The number of benzene rings is 1. The number of rotatable bonds is 1. The van der Waals surface area contributed by atoms with E-state index >= 15 is 0 Å². The van der Waals surface area contributed by atoms with Crippen LogP contribution in [0, 0.1) is 0 Å². The summed E-state index contributed by atoms with van der Waals surface area (Å²) in [6.07, 6.45) is 0.443. The van der Waals surface area contributed by atoms with Crippen molar-refractivity contribution in [3.8, 4) is 0 Å². The Labute approximate surface area is 109 Å². The van der Waals surface area contributed by atoms with Gasteiger partial charge in [-0.25, -0.2) is 0 Å². The number of ether oxygens (including phenoxy) is 1. The van der Waals surface area contributed by atoms with Gasteiger partial charge in [0.15, 0.2) is 0 Å². The van der Waals surface area contributed by atoms with E-state index in [1.807, 2.05) is 0 Å². The van der Waals surface area contributed by atoms with Crippen molar-refractivity contribution in [3.05, 3.63) is 43.5 Å². The molecule has 2 aliphatic heterocycles. The monoisotopic (exact) mass is 386 g/mol. The van der Waals surface area contributed by atoms with E-state index in [4.69, 9.17) is 4.74 Å². The topological polar surface area (TPSA) is 9.23 Å². The van der Waals surface area contributed by atoms with E-state index in [0.29, 0.717) is 0 Å². The van der Waals surface area contributed by atoms with Crippen molar-refractivity contribution >= 4 is 34.3 Å². The van der Waals surface area contributed by atoms with Gasteiger partial charge in [0.2, 0.25) is 0 Å². The predicted octanol–water partition coefficient (Wildman–Crippen LogP) is 4.34. The van der Waals surface area contributed by atoms with Crippen LogP contribution in [0.4, 0.5) is 0 Å². The van der Waals surface area contributed by atoms with Crippen LogP contribution in [0.5, 0.6) is 0 Å². The molecule has 0 aliphatic carbocycles. The molecule has 2 aliphatic rings. The van der Waals surface area contributed by atoms with E-state index in [1.165, 1.54) is 15.6 Å². The number of hydrogen-bond acceptors (Lipinski definition) is 1. The summed E-state index contributed by atoms with van der Waals surface area (Å²) in [5.41, 5.74) is 2.76. The average molecular weight is 386 g/mol. The fraction of sp³-hybridized carbons (Fsp3) is 0.385. The molecule has 0 saturated heterocycles. The van der Waals surface area contributed by atoms with Gasteiger partial charge in [0.25, 0.3) is 0 Å². The van der Waals surface area contributed by atoms with Crippen LogP contribution in [-0.4, -0.2) is 18.4 Å². The van der Waals surface area contributed by atoms with Crippen LogP contribution in [0.2, 0.25) is 14.8 Å². The van der Waals surface area contributed by atoms with Gasteiger partial charge < -0.3 is 0 Å². The van der Waals surface area contributed by atoms with E-state index in [-0.39, 0.29) is 12.2 Å². The van der Waals surface area contributed by atoms with Crippen LogP contribution in [0.25, 0.3) is 0 Å². The molecule has 0 saturated carbocycles. The Morgan fingerprint density at radius 1 is 1.06 bits per heavy atom. The predicted molar refractivity (Wildman–Crippen MR) is 72.3 cm³/mol. The third-order valence-corrected chi connectivity index (χ3v) is 11.4. The van der Waals surface area contributed by atoms with Crippen molar-refractivity contribution in [3.63, 3.8) is 0 Å². The Morgan fingerprint density at radius 3 is 2.19 bits per heavy atom. The third kappa shape index (κ3) is 1.46. The van der Waals surface area contributed by atoms with Gasteiger partial charge in [-0.1, -0.05) is 0 Å². The van der Waals surface area contributed by atoms with Crippen LogP contribution in [0.15, 0.2) is 32.3 Å². The summed E-state index contributed by atoms with van der Waals surface area (Å²) in [4.78, 5) is 7.37. The van der Waals surface area contributed by atoms with Gasteiger partial charge in [0, 0.05) is 0 Å². The van der Waals surface area contributed by atoms with Gasteiger partial charge in [0.1, 0.15) is 0 Å². The molecule has 84 valence electrons. The van der Waals surface area contributed by atoms with Crippen LogP contribution in [-0.2, 0) is 4.74 Å². The van der Waals surface area contributed by atoms with E-state index in [9.17, 15) is 0 Å². The summed E-state index contributed by atoms with van der Waals surface area (Å²) in [6, 6.07) is 8.63. The van der Waals surface area contributed by atoms with Crippen molar-refractivity contribution in [2.75, 3.05) is 0 Å². The second-order valence-electron chi connectivity index (χ2n) is 5.54. The summed E-state index contributed by atoms with van der Waals surface area (Å²) < 4.78 is 9.07. The molecule has 16 heavy (non-hydrogen) atoms. The van der Waals surface area contributed by atoms with Gasteiger partial charge in [-0.3, -0.25) is 0 Å². The van der Waals surface area contributed by atoms with Crippen molar-refractivity contribution in [1.82, 2.24) is 0 Å². The van der Waals surface area contributed by atoms with Crippen LogP contribution < -0.4 is 0 Å². The van der Waals surface area contributed by atoms with Crippen molar-refractivity contribution in [1.29, 1.82) is 0 Å². The molecule has 0 N–H and O–H groups in total. The second kappa shape index (κ2) is 3.59. The number of fused-ring (bicyclic) bond motifs is 5. The van der Waals surface area contributed by atoms with E-state index < -0.39 is 18.4 Å². The SMILES string of the molecule is [CH3][Sn]([CH3])([CH3])[C]1=C(Br)[C@H]2O[C@@H]1c1ccccc12. The molecular weight excluding hydrogens is 371 g/mol. The van der Waals surface area contributed by atoms with Crippen molar-refractivity contribution < 1.29 is 4.74 Å².